The fourth-order valence-electron chi connectivity index (χ4n) is 4.25. The minimum atomic E-state index is -0.0649. The predicted molar refractivity (Wildman–Crippen MR) is 147 cm³/mol. The highest BCUT2D eigenvalue weighted by molar-refractivity contribution is 14.2. The van der Waals surface area contributed by atoms with Crippen molar-refractivity contribution in [2.24, 2.45) is 0 Å². The Morgan fingerprint density at radius 1 is 1.18 bits per heavy atom. The summed E-state index contributed by atoms with van der Waals surface area (Å²) in [5.74, 6) is 0. The maximum atomic E-state index is 13.1. The van der Waals surface area contributed by atoms with Gasteiger partial charge in [-0.15, -0.1) is 0 Å². The third-order valence-electron chi connectivity index (χ3n) is 6.06. The van der Waals surface area contributed by atoms with Crippen LogP contribution in [-0.4, -0.2) is 39.8 Å². The monoisotopic (exact) mass is 636 g/mol. The largest absolute Gasteiger partial charge is 0.378 e. The molecular formula is C24H22BrIN4O2S. The number of ether oxygens (including phenoxy) is 1. The normalized spacial score (nSPS) is 15.2. The van der Waals surface area contributed by atoms with E-state index in [-0.39, 0.29) is 11.6 Å². The minimum absolute atomic E-state index is 0.0275. The number of pyridine rings is 2. The van der Waals surface area contributed by atoms with Gasteiger partial charge in [-0.2, -0.15) is 0 Å². The number of anilines is 1. The molecule has 1 unspecified atom stereocenters. The van der Waals surface area contributed by atoms with Gasteiger partial charge >= 0.3 is 0 Å². The molecule has 170 valence electrons. The maximum Gasteiger partial charge on any atom is 0.251 e. The number of hydrogen-bond donors (Lipinski definition) is 0. The fourth-order valence-corrected chi connectivity index (χ4v) is 5.92. The summed E-state index contributed by atoms with van der Waals surface area (Å²) in [6, 6.07) is 13.9. The average Bonchev–Trinajstić information content (AvgIpc) is 3.22. The highest BCUT2D eigenvalue weighted by Gasteiger charge is 2.18. The Bertz CT molecular complexity index is 1370. The number of aromatic nitrogens is 3. The molecule has 0 radical (unpaired) electrons. The van der Waals surface area contributed by atoms with Crippen molar-refractivity contribution in [1.29, 1.82) is 0 Å². The summed E-state index contributed by atoms with van der Waals surface area (Å²) >= 11 is 5.78. The Hall–Kier alpha value is -1.82. The molecule has 0 saturated carbocycles. The van der Waals surface area contributed by atoms with Crippen molar-refractivity contribution in [3.05, 3.63) is 81.4 Å². The van der Waals surface area contributed by atoms with Crippen LogP contribution in [0.3, 0.4) is 0 Å². The Kier molecular flexibility index (Phi) is 6.82. The first-order chi connectivity index (χ1) is 16.0. The van der Waals surface area contributed by atoms with E-state index in [2.05, 4.69) is 60.4 Å². The Morgan fingerprint density at radius 2 is 2.00 bits per heavy atom. The number of rotatable bonds is 5. The summed E-state index contributed by atoms with van der Waals surface area (Å²) in [5.41, 5.74) is 4.94. The van der Waals surface area contributed by atoms with E-state index in [1.807, 2.05) is 47.6 Å². The standard InChI is InChI=1S/C24H22BrIN4O2S/c1-16(17-3-2-4-19(25)11-17)29-6-5-18(12-23(29)31)22-15-30(33-26)24-21(22)13-20(14-27-24)28-7-9-32-10-8-28/h2-6,11-16H,7-10H2,1H3. The minimum Gasteiger partial charge on any atom is -0.378 e. The summed E-state index contributed by atoms with van der Waals surface area (Å²) in [5, 5.41) is 1.04. The molecule has 4 heterocycles. The molecule has 0 bridgehead atoms. The van der Waals surface area contributed by atoms with Crippen LogP contribution in [0.2, 0.25) is 0 Å². The van der Waals surface area contributed by atoms with E-state index in [0.717, 1.165) is 64.2 Å². The second kappa shape index (κ2) is 9.81. The van der Waals surface area contributed by atoms with E-state index < -0.39 is 0 Å². The first-order valence-corrected chi connectivity index (χ1v) is 14.8. The highest BCUT2D eigenvalue weighted by Crippen LogP contribution is 2.35. The zero-order valence-corrected chi connectivity index (χ0v) is 22.5. The fraction of sp³-hybridized carbons (Fsp3) is 0.250. The summed E-state index contributed by atoms with van der Waals surface area (Å²) in [6.45, 7) is 5.20. The van der Waals surface area contributed by atoms with E-state index in [0.29, 0.717) is 0 Å². The van der Waals surface area contributed by atoms with Crippen LogP contribution >= 0.6 is 46.3 Å². The van der Waals surface area contributed by atoms with Gasteiger partial charge < -0.3 is 14.2 Å². The van der Waals surface area contributed by atoms with Gasteiger partial charge in [0.1, 0.15) is 0 Å². The van der Waals surface area contributed by atoms with Crippen molar-refractivity contribution in [3.8, 4) is 11.1 Å². The second-order valence-corrected chi connectivity index (χ2v) is 10.6. The van der Waals surface area contributed by atoms with Gasteiger partial charge in [-0.3, -0.25) is 8.77 Å². The zero-order valence-electron chi connectivity index (χ0n) is 17.9. The van der Waals surface area contributed by atoms with Gasteiger partial charge in [0.15, 0.2) is 5.65 Å². The number of halogens is 2. The molecule has 33 heavy (non-hydrogen) atoms. The number of fused-ring (bicyclic) bond motifs is 1. The first kappa shape index (κ1) is 22.9. The van der Waals surface area contributed by atoms with Gasteiger partial charge in [-0.05, 0) is 42.3 Å². The molecule has 1 saturated heterocycles. The number of morpholine rings is 1. The van der Waals surface area contributed by atoms with E-state index in [9.17, 15) is 4.79 Å². The molecule has 5 rings (SSSR count). The molecule has 0 amide bonds. The smallest absolute Gasteiger partial charge is 0.251 e. The molecule has 9 heteroatoms. The molecule has 1 atom stereocenters. The van der Waals surface area contributed by atoms with Crippen molar-refractivity contribution in [3.63, 3.8) is 0 Å². The van der Waals surface area contributed by atoms with Gasteiger partial charge in [-0.25, -0.2) is 4.98 Å². The second-order valence-electron chi connectivity index (χ2n) is 7.99. The lowest BCUT2D eigenvalue weighted by molar-refractivity contribution is 0.122. The molecule has 0 spiro atoms. The van der Waals surface area contributed by atoms with Crippen molar-refractivity contribution < 1.29 is 4.74 Å². The summed E-state index contributed by atoms with van der Waals surface area (Å²) in [7, 11) is 1.57. The van der Waals surface area contributed by atoms with E-state index in [1.54, 1.807) is 19.8 Å². The van der Waals surface area contributed by atoms with Gasteiger partial charge in [0.25, 0.3) is 5.56 Å². The Morgan fingerprint density at radius 3 is 2.73 bits per heavy atom. The number of nitrogens with zero attached hydrogens (tertiary/aromatic N) is 4. The number of benzene rings is 1. The predicted octanol–water partition coefficient (Wildman–Crippen LogP) is 5.92. The molecule has 0 N–H and O–H groups in total. The lowest BCUT2D eigenvalue weighted by atomic mass is 10.1. The van der Waals surface area contributed by atoms with Crippen molar-refractivity contribution in [2.45, 2.75) is 13.0 Å². The van der Waals surface area contributed by atoms with Gasteiger partial charge in [0.2, 0.25) is 0 Å². The molecule has 1 aliphatic heterocycles. The zero-order chi connectivity index (χ0) is 22.9. The van der Waals surface area contributed by atoms with Crippen LogP contribution in [-0.2, 0) is 4.74 Å². The van der Waals surface area contributed by atoms with Crippen molar-refractivity contribution in [1.82, 2.24) is 13.5 Å². The van der Waals surface area contributed by atoms with Crippen LogP contribution < -0.4 is 10.5 Å². The maximum absolute atomic E-state index is 13.1. The molecule has 1 aliphatic rings. The van der Waals surface area contributed by atoms with Crippen LogP contribution in [0.15, 0.2) is 70.3 Å². The quantitative estimate of drug-likeness (QED) is 0.255. The molecule has 1 fully saturated rings. The molecule has 3 aromatic heterocycles. The lowest BCUT2D eigenvalue weighted by Gasteiger charge is -2.28. The first-order valence-electron chi connectivity index (χ1n) is 10.7. The van der Waals surface area contributed by atoms with Crippen molar-refractivity contribution >= 4 is 63.0 Å². The van der Waals surface area contributed by atoms with Crippen LogP contribution in [0.5, 0.6) is 0 Å². The van der Waals surface area contributed by atoms with Crippen LogP contribution in [0, 0.1) is 0 Å². The van der Waals surface area contributed by atoms with Gasteiger partial charge in [-0.1, -0.05) is 28.1 Å². The van der Waals surface area contributed by atoms with E-state index in [1.165, 1.54) is 0 Å². The summed E-state index contributed by atoms with van der Waals surface area (Å²) in [6.07, 6.45) is 5.88. The van der Waals surface area contributed by atoms with Crippen molar-refractivity contribution in [2.75, 3.05) is 31.2 Å². The Labute approximate surface area is 216 Å². The van der Waals surface area contributed by atoms with Gasteiger partial charge in [0, 0.05) is 77.3 Å². The molecule has 6 nitrogen and oxygen atoms in total. The molecular weight excluding hydrogens is 615 g/mol. The van der Waals surface area contributed by atoms with Crippen LogP contribution in [0.25, 0.3) is 22.2 Å². The molecule has 0 aliphatic carbocycles. The third kappa shape index (κ3) is 4.60. The third-order valence-corrected chi connectivity index (χ3v) is 8.25. The van der Waals surface area contributed by atoms with E-state index >= 15 is 0 Å². The van der Waals surface area contributed by atoms with Crippen LogP contribution in [0.4, 0.5) is 5.69 Å². The summed E-state index contributed by atoms with van der Waals surface area (Å²) in [4.78, 5) is 20.2. The van der Waals surface area contributed by atoms with E-state index in [4.69, 9.17) is 9.72 Å². The SMILES string of the molecule is CC(c1cccc(Br)c1)n1ccc(-c2cn(SI)c3ncc(N4CCOCC4)cc23)cc1=O. The van der Waals surface area contributed by atoms with Gasteiger partial charge in [0.05, 0.1) is 31.1 Å². The summed E-state index contributed by atoms with van der Waals surface area (Å²) < 4.78 is 10.3. The highest BCUT2D eigenvalue weighted by atomic mass is 127. The topological polar surface area (TPSA) is 52.3 Å². The average molecular weight is 637 g/mol. The van der Waals surface area contributed by atoms with Crippen LogP contribution in [0.1, 0.15) is 18.5 Å². The lowest BCUT2D eigenvalue weighted by Crippen LogP contribution is -2.36. The number of hydrogen-bond acceptors (Lipinski definition) is 5. The molecule has 4 aromatic rings. The molecule has 1 aromatic carbocycles. The Balaban J connectivity index is 1.55.